The fourth-order valence-electron chi connectivity index (χ4n) is 2.55. The van der Waals surface area contributed by atoms with E-state index < -0.39 is 0 Å². The molecule has 0 aliphatic carbocycles. The molecule has 3 heteroatoms. The molecule has 0 heterocycles. The second-order valence-corrected chi connectivity index (χ2v) is 6.60. The van der Waals surface area contributed by atoms with Crippen LogP contribution in [0.5, 0.6) is 0 Å². The van der Waals surface area contributed by atoms with Gasteiger partial charge in [0.15, 0.2) is 0 Å². The molecule has 2 nitrogen and oxygen atoms in total. The largest absolute Gasteiger partial charge is 0.271 e. The second kappa shape index (κ2) is 7.64. The van der Waals surface area contributed by atoms with Crippen LogP contribution in [0.1, 0.15) is 36.6 Å². The van der Waals surface area contributed by atoms with E-state index >= 15 is 0 Å². The maximum Gasteiger partial charge on any atom is 0.0710 e. The Bertz CT molecular complexity index is 564. The van der Waals surface area contributed by atoms with Crippen molar-refractivity contribution in [3.05, 3.63) is 65.2 Å². The van der Waals surface area contributed by atoms with E-state index in [1.165, 1.54) is 21.6 Å². The van der Waals surface area contributed by atoms with Gasteiger partial charge >= 0.3 is 0 Å². The highest BCUT2D eigenvalue weighted by Crippen LogP contribution is 2.25. The van der Waals surface area contributed by atoms with Crippen LogP contribution in [0.4, 0.5) is 0 Å². The van der Waals surface area contributed by atoms with Crippen molar-refractivity contribution in [3.8, 4) is 0 Å². The highest BCUT2D eigenvalue weighted by molar-refractivity contribution is 7.98. The fraction of sp³-hybridized carbons (Fsp3) is 0.333. The van der Waals surface area contributed by atoms with Crippen LogP contribution in [0.2, 0.25) is 0 Å². The summed E-state index contributed by atoms with van der Waals surface area (Å²) in [6.45, 7) is 4.49. The zero-order valence-corrected chi connectivity index (χ0v) is 13.8. The van der Waals surface area contributed by atoms with Gasteiger partial charge in [-0.3, -0.25) is 5.84 Å². The Kier molecular flexibility index (Phi) is 5.85. The minimum Gasteiger partial charge on any atom is -0.271 e. The van der Waals surface area contributed by atoms with Gasteiger partial charge < -0.3 is 0 Å². The summed E-state index contributed by atoms with van der Waals surface area (Å²) >= 11 is 1.75. The summed E-state index contributed by atoms with van der Waals surface area (Å²) in [5, 5.41) is 0. The third-order valence-electron chi connectivity index (χ3n) is 3.54. The Morgan fingerprint density at radius 1 is 1.05 bits per heavy atom. The van der Waals surface area contributed by atoms with E-state index in [0.717, 1.165) is 6.42 Å². The first-order valence-electron chi connectivity index (χ1n) is 7.33. The summed E-state index contributed by atoms with van der Waals surface area (Å²) in [7, 11) is 0. The maximum atomic E-state index is 5.80. The monoisotopic (exact) mass is 300 g/mol. The van der Waals surface area contributed by atoms with E-state index in [-0.39, 0.29) is 6.04 Å². The fourth-order valence-corrected chi connectivity index (χ4v) is 2.96. The summed E-state index contributed by atoms with van der Waals surface area (Å²) < 4.78 is 0. The number of hydrogen-bond acceptors (Lipinski definition) is 3. The zero-order chi connectivity index (χ0) is 15.2. The van der Waals surface area contributed by atoms with Gasteiger partial charge in [-0.1, -0.05) is 50.2 Å². The first-order valence-corrected chi connectivity index (χ1v) is 8.55. The molecular weight excluding hydrogens is 276 g/mol. The molecule has 0 amide bonds. The average molecular weight is 300 g/mol. The lowest BCUT2D eigenvalue weighted by Gasteiger charge is -2.18. The molecule has 3 N–H and O–H groups in total. The van der Waals surface area contributed by atoms with Gasteiger partial charge in [-0.25, -0.2) is 5.43 Å². The predicted molar refractivity (Wildman–Crippen MR) is 92.4 cm³/mol. The van der Waals surface area contributed by atoms with Crippen LogP contribution in [-0.2, 0) is 6.42 Å². The van der Waals surface area contributed by atoms with Gasteiger partial charge in [0.05, 0.1) is 6.04 Å². The van der Waals surface area contributed by atoms with E-state index in [2.05, 4.69) is 74.1 Å². The second-order valence-electron chi connectivity index (χ2n) is 5.72. The van der Waals surface area contributed by atoms with Gasteiger partial charge in [-0.15, -0.1) is 11.8 Å². The SMILES string of the molecule is CSc1ccc(C(NN)c2cccc(CC(C)C)c2)cc1. The molecule has 0 aliphatic rings. The van der Waals surface area contributed by atoms with Gasteiger partial charge in [-0.05, 0) is 47.4 Å². The molecule has 0 fully saturated rings. The van der Waals surface area contributed by atoms with Gasteiger partial charge in [0, 0.05) is 4.90 Å². The van der Waals surface area contributed by atoms with E-state index in [9.17, 15) is 0 Å². The number of nitrogens with one attached hydrogen (secondary N) is 1. The lowest BCUT2D eigenvalue weighted by atomic mass is 9.95. The van der Waals surface area contributed by atoms with E-state index in [1.54, 1.807) is 11.8 Å². The van der Waals surface area contributed by atoms with Crippen LogP contribution >= 0.6 is 11.8 Å². The van der Waals surface area contributed by atoms with Crippen LogP contribution in [0.15, 0.2) is 53.4 Å². The maximum absolute atomic E-state index is 5.80. The van der Waals surface area contributed by atoms with Crippen LogP contribution in [-0.4, -0.2) is 6.26 Å². The van der Waals surface area contributed by atoms with E-state index in [1.807, 2.05) is 0 Å². The minimum atomic E-state index is 0.0352. The third kappa shape index (κ3) is 4.34. The minimum absolute atomic E-state index is 0.0352. The number of nitrogens with two attached hydrogens (primary N) is 1. The Balaban J connectivity index is 2.27. The lowest BCUT2D eigenvalue weighted by molar-refractivity contribution is 0.627. The quantitative estimate of drug-likeness (QED) is 0.478. The molecule has 1 atom stereocenters. The number of rotatable bonds is 6. The van der Waals surface area contributed by atoms with Gasteiger partial charge in [0.25, 0.3) is 0 Å². The van der Waals surface area contributed by atoms with Crippen molar-refractivity contribution in [2.45, 2.75) is 31.2 Å². The molecule has 0 bridgehead atoms. The number of benzene rings is 2. The molecule has 2 aromatic carbocycles. The summed E-state index contributed by atoms with van der Waals surface area (Å²) in [5.41, 5.74) is 6.72. The van der Waals surface area contributed by atoms with Crippen molar-refractivity contribution in [1.82, 2.24) is 5.43 Å². The normalized spacial score (nSPS) is 12.6. The third-order valence-corrected chi connectivity index (χ3v) is 4.29. The molecule has 0 aliphatic heterocycles. The molecule has 0 spiro atoms. The number of hydrazine groups is 1. The Morgan fingerprint density at radius 2 is 1.76 bits per heavy atom. The number of hydrogen-bond donors (Lipinski definition) is 2. The summed E-state index contributed by atoms with van der Waals surface area (Å²) in [6, 6.07) is 17.3. The van der Waals surface area contributed by atoms with Crippen molar-refractivity contribution in [2.24, 2.45) is 11.8 Å². The number of thioether (sulfide) groups is 1. The van der Waals surface area contributed by atoms with Crippen molar-refractivity contribution in [1.29, 1.82) is 0 Å². The standard InChI is InChI=1S/C18H24N2S/c1-13(2)11-14-5-4-6-16(12-14)18(20-19)15-7-9-17(21-3)10-8-15/h4-10,12-13,18,20H,11,19H2,1-3H3. The molecule has 2 aromatic rings. The van der Waals surface area contributed by atoms with Crippen LogP contribution in [0, 0.1) is 5.92 Å². The summed E-state index contributed by atoms with van der Waals surface area (Å²) in [4.78, 5) is 1.27. The zero-order valence-electron chi connectivity index (χ0n) is 13.0. The molecule has 112 valence electrons. The van der Waals surface area contributed by atoms with Crippen LogP contribution in [0.25, 0.3) is 0 Å². The van der Waals surface area contributed by atoms with E-state index in [4.69, 9.17) is 5.84 Å². The summed E-state index contributed by atoms with van der Waals surface area (Å²) in [5.74, 6) is 6.46. The molecule has 1 unspecified atom stereocenters. The van der Waals surface area contributed by atoms with Crippen LogP contribution in [0.3, 0.4) is 0 Å². The molecular formula is C18H24N2S. The van der Waals surface area contributed by atoms with Crippen molar-refractivity contribution in [3.63, 3.8) is 0 Å². The van der Waals surface area contributed by atoms with Gasteiger partial charge in [0.2, 0.25) is 0 Å². The summed E-state index contributed by atoms with van der Waals surface area (Å²) in [6.07, 6.45) is 3.18. The average Bonchev–Trinajstić information content (AvgIpc) is 2.48. The Hall–Kier alpha value is -1.29. The Labute approximate surface area is 132 Å². The molecule has 0 radical (unpaired) electrons. The lowest BCUT2D eigenvalue weighted by Crippen LogP contribution is -2.28. The topological polar surface area (TPSA) is 38.0 Å². The van der Waals surface area contributed by atoms with Crippen molar-refractivity contribution >= 4 is 11.8 Å². The molecule has 0 saturated carbocycles. The first kappa shape index (κ1) is 16.1. The van der Waals surface area contributed by atoms with Gasteiger partial charge in [0.1, 0.15) is 0 Å². The highest BCUT2D eigenvalue weighted by atomic mass is 32.2. The molecule has 0 saturated heterocycles. The molecule has 21 heavy (non-hydrogen) atoms. The van der Waals surface area contributed by atoms with Crippen LogP contribution < -0.4 is 11.3 Å². The smallest absolute Gasteiger partial charge is 0.0710 e. The first-order chi connectivity index (χ1) is 10.1. The van der Waals surface area contributed by atoms with Crippen molar-refractivity contribution < 1.29 is 0 Å². The molecule has 2 rings (SSSR count). The van der Waals surface area contributed by atoms with Crippen molar-refractivity contribution in [2.75, 3.05) is 6.26 Å². The van der Waals surface area contributed by atoms with Gasteiger partial charge in [-0.2, -0.15) is 0 Å². The predicted octanol–water partition coefficient (Wildman–Crippen LogP) is 4.16. The highest BCUT2D eigenvalue weighted by Gasteiger charge is 2.13. The molecule has 0 aromatic heterocycles. The Morgan fingerprint density at radius 3 is 2.33 bits per heavy atom. The van der Waals surface area contributed by atoms with E-state index in [0.29, 0.717) is 5.92 Å².